The van der Waals surface area contributed by atoms with Crippen LogP contribution in [0.1, 0.15) is 5.56 Å². The second-order valence-corrected chi connectivity index (χ2v) is 4.67. The molecule has 1 heterocycles. The highest BCUT2D eigenvalue weighted by molar-refractivity contribution is 6.31. The van der Waals surface area contributed by atoms with Crippen molar-refractivity contribution in [3.8, 4) is 0 Å². The number of hydrogen-bond acceptors (Lipinski definition) is 3. The van der Waals surface area contributed by atoms with Crippen LogP contribution in [0.5, 0.6) is 0 Å². The smallest absolute Gasteiger partial charge is 0.142 e. The van der Waals surface area contributed by atoms with Crippen molar-refractivity contribution in [2.24, 2.45) is 0 Å². The van der Waals surface area contributed by atoms with Gasteiger partial charge in [0.05, 0.1) is 30.9 Å². The Kier molecular flexibility index (Phi) is 4.95. The number of benzene rings is 1. The van der Waals surface area contributed by atoms with Gasteiger partial charge in [-0.25, -0.2) is 4.39 Å². The predicted octanol–water partition coefficient (Wildman–Crippen LogP) is 2.02. The van der Waals surface area contributed by atoms with Gasteiger partial charge in [0.2, 0.25) is 0 Å². The lowest BCUT2D eigenvalue weighted by atomic mass is 10.0. The molecule has 1 aromatic carbocycles. The summed E-state index contributed by atoms with van der Waals surface area (Å²) in [6.07, 6.45) is 0.587. The molecule has 1 aromatic rings. The Bertz CT molecular complexity index is 397. The molecule has 5 heteroatoms. The van der Waals surface area contributed by atoms with Crippen molar-refractivity contribution in [2.45, 2.75) is 18.6 Å². The minimum atomic E-state index is -0.384. The fraction of sp³-hybridized carbons (Fsp3) is 0.538. The highest BCUT2D eigenvalue weighted by Crippen LogP contribution is 2.22. The number of hydrogen-bond donors (Lipinski definition) is 1. The summed E-state index contributed by atoms with van der Waals surface area (Å²) >= 11 is 5.96. The summed E-state index contributed by atoms with van der Waals surface area (Å²) < 4.78 is 24.4. The van der Waals surface area contributed by atoms with Crippen LogP contribution in [-0.2, 0) is 15.9 Å². The van der Waals surface area contributed by atoms with E-state index in [1.165, 1.54) is 6.07 Å². The molecule has 0 bridgehead atoms. The summed E-state index contributed by atoms with van der Waals surface area (Å²) in [5, 5.41) is 3.37. The molecule has 0 aliphatic carbocycles. The average molecular weight is 274 g/mol. The molecular formula is C13H17ClFNO2. The van der Waals surface area contributed by atoms with E-state index >= 15 is 0 Å². The van der Waals surface area contributed by atoms with Gasteiger partial charge in [-0.2, -0.15) is 0 Å². The first-order chi connectivity index (χ1) is 8.72. The summed E-state index contributed by atoms with van der Waals surface area (Å²) in [6.45, 7) is 1.78. The Balaban J connectivity index is 2.07. The first-order valence-electron chi connectivity index (χ1n) is 6.02. The van der Waals surface area contributed by atoms with Gasteiger partial charge < -0.3 is 14.8 Å². The Hall–Kier alpha value is -0.680. The fourth-order valence-electron chi connectivity index (χ4n) is 2.10. The van der Waals surface area contributed by atoms with Crippen LogP contribution in [0.3, 0.4) is 0 Å². The van der Waals surface area contributed by atoms with Crippen LogP contribution in [0, 0.1) is 5.82 Å². The van der Waals surface area contributed by atoms with Crippen LogP contribution in [0.2, 0.25) is 5.02 Å². The molecule has 1 N–H and O–H groups in total. The molecule has 2 atom stereocenters. The molecule has 0 aromatic heterocycles. The highest BCUT2D eigenvalue weighted by Gasteiger charge is 2.25. The zero-order chi connectivity index (χ0) is 13.0. The third-order valence-corrected chi connectivity index (χ3v) is 3.56. The van der Waals surface area contributed by atoms with E-state index < -0.39 is 0 Å². The number of nitrogens with one attached hydrogen (secondary N) is 1. The predicted molar refractivity (Wildman–Crippen MR) is 68.5 cm³/mol. The van der Waals surface area contributed by atoms with E-state index in [0.29, 0.717) is 26.2 Å². The molecule has 1 fully saturated rings. The normalized spacial score (nSPS) is 21.8. The summed E-state index contributed by atoms with van der Waals surface area (Å²) in [7, 11) is 1.86. The number of halogens is 2. The zero-order valence-corrected chi connectivity index (χ0v) is 11.0. The van der Waals surface area contributed by atoms with Crippen molar-refractivity contribution >= 4 is 11.6 Å². The van der Waals surface area contributed by atoms with E-state index in [1.807, 2.05) is 13.1 Å². The molecule has 2 rings (SSSR count). The van der Waals surface area contributed by atoms with Gasteiger partial charge in [0.1, 0.15) is 5.82 Å². The zero-order valence-electron chi connectivity index (χ0n) is 10.3. The SMILES string of the molecule is CNC(Cc1cccc(F)c1Cl)C1COCCO1. The van der Waals surface area contributed by atoms with Gasteiger partial charge >= 0.3 is 0 Å². The maximum atomic E-state index is 13.4. The first-order valence-corrected chi connectivity index (χ1v) is 6.39. The van der Waals surface area contributed by atoms with E-state index in [9.17, 15) is 4.39 Å². The van der Waals surface area contributed by atoms with Crippen molar-refractivity contribution < 1.29 is 13.9 Å². The molecule has 100 valence electrons. The number of rotatable bonds is 4. The van der Waals surface area contributed by atoms with Crippen LogP contribution in [0.25, 0.3) is 0 Å². The monoisotopic (exact) mass is 273 g/mol. The molecule has 0 radical (unpaired) electrons. The Morgan fingerprint density at radius 1 is 1.50 bits per heavy atom. The minimum absolute atomic E-state index is 0.0249. The van der Waals surface area contributed by atoms with Crippen LogP contribution in [0.15, 0.2) is 18.2 Å². The lowest BCUT2D eigenvalue weighted by Gasteiger charge is -2.30. The molecule has 3 nitrogen and oxygen atoms in total. The van der Waals surface area contributed by atoms with E-state index in [1.54, 1.807) is 6.07 Å². The first kappa shape index (κ1) is 13.7. The Morgan fingerprint density at radius 3 is 3.00 bits per heavy atom. The number of likely N-dealkylation sites (N-methyl/N-ethyl adjacent to an activating group) is 1. The maximum Gasteiger partial charge on any atom is 0.142 e. The van der Waals surface area contributed by atoms with Gasteiger partial charge in [0.25, 0.3) is 0 Å². The maximum absolute atomic E-state index is 13.4. The molecule has 0 saturated carbocycles. The van der Waals surface area contributed by atoms with Gasteiger partial charge in [-0.15, -0.1) is 0 Å². The van der Waals surface area contributed by atoms with E-state index in [4.69, 9.17) is 21.1 Å². The van der Waals surface area contributed by atoms with Crippen LogP contribution >= 0.6 is 11.6 Å². The lowest BCUT2D eigenvalue weighted by Crippen LogP contribution is -2.46. The van der Waals surface area contributed by atoms with Crippen molar-refractivity contribution in [1.29, 1.82) is 0 Å². The second kappa shape index (κ2) is 6.48. The standard InChI is InChI=1S/C13H17ClFNO2/c1-16-11(12-8-17-5-6-18-12)7-9-3-2-4-10(15)13(9)14/h2-4,11-12,16H,5-8H2,1H3. The molecule has 1 aliphatic heterocycles. The van der Waals surface area contributed by atoms with Gasteiger partial charge in [0, 0.05) is 6.04 Å². The van der Waals surface area contributed by atoms with E-state index in [0.717, 1.165) is 5.56 Å². The van der Waals surface area contributed by atoms with Crippen LogP contribution in [0.4, 0.5) is 4.39 Å². The van der Waals surface area contributed by atoms with Crippen LogP contribution < -0.4 is 5.32 Å². The minimum Gasteiger partial charge on any atom is -0.376 e. The highest BCUT2D eigenvalue weighted by atomic mass is 35.5. The Morgan fingerprint density at radius 2 is 2.33 bits per heavy atom. The molecule has 2 unspecified atom stereocenters. The molecule has 1 aliphatic rings. The fourth-order valence-corrected chi connectivity index (χ4v) is 2.30. The van der Waals surface area contributed by atoms with Gasteiger partial charge in [0.15, 0.2) is 0 Å². The third-order valence-electron chi connectivity index (χ3n) is 3.13. The summed E-state index contributed by atoms with van der Waals surface area (Å²) in [5.41, 5.74) is 0.783. The lowest BCUT2D eigenvalue weighted by molar-refractivity contribution is -0.100. The summed E-state index contributed by atoms with van der Waals surface area (Å²) in [6, 6.07) is 4.92. The van der Waals surface area contributed by atoms with Crippen molar-refractivity contribution in [2.75, 3.05) is 26.9 Å². The molecule has 1 saturated heterocycles. The van der Waals surface area contributed by atoms with Gasteiger partial charge in [-0.1, -0.05) is 23.7 Å². The quantitative estimate of drug-likeness (QED) is 0.911. The largest absolute Gasteiger partial charge is 0.376 e. The topological polar surface area (TPSA) is 30.5 Å². The summed E-state index contributed by atoms with van der Waals surface area (Å²) in [5.74, 6) is -0.384. The van der Waals surface area contributed by atoms with Crippen molar-refractivity contribution in [3.05, 3.63) is 34.6 Å². The van der Waals surface area contributed by atoms with Gasteiger partial charge in [-0.3, -0.25) is 0 Å². The van der Waals surface area contributed by atoms with Gasteiger partial charge in [-0.05, 0) is 25.1 Å². The van der Waals surface area contributed by atoms with E-state index in [-0.39, 0.29) is 23.0 Å². The molecule has 18 heavy (non-hydrogen) atoms. The van der Waals surface area contributed by atoms with Crippen LogP contribution in [-0.4, -0.2) is 39.0 Å². The Labute approximate surface area is 111 Å². The van der Waals surface area contributed by atoms with Crippen molar-refractivity contribution in [1.82, 2.24) is 5.32 Å². The molecule has 0 spiro atoms. The van der Waals surface area contributed by atoms with E-state index in [2.05, 4.69) is 5.32 Å². The summed E-state index contributed by atoms with van der Waals surface area (Å²) in [4.78, 5) is 0. The average Bonchev–Trinajstić information content (AvgIpc) is 2.41. The molecular weight excluding hydrogens is 257 g/mol. The third kappa shape index (κ3) is 3.20. The molecule has 0 amide bonds. The second-order valence-electron chi connectivity index (χ2n) is 4.30. The van der Waals surface area contributed by atoms with Crippen molar-refractivity contribution in [3.63, 3.8) is 0 Å². The number of ether oxygens (including phenoxy) is 2.